The van der Waals surface area contributed by atoms with E-state index in [1.54, 1.807) is 48.7 Å². The molecule has 0 unspecified atom stereocenters. The van der Waals surface area contributed by atoms with Crippen molar-refractivity contribution in [1.29, 1.82) is 0 Å². The van der Waals surface area contributed by atoms with E-state index in [2.05, 4.69) is 15.6 Å². The third kappa shape index (κ3) is 4.04. The molecular formula is C18H13Cl2N3O. The van der Waals surface area contributed by atoms with Crippen LogP contribution >= 0.6 is 23.2 Å². The van der Waals surface area contributed by atoms with Gasteiger partial charge in [-0.05, 0) is 42.5 Å². The number of nitrogens with zero attached hydrogens (tertiary/aromatic N) is 1. The lowest BCUT2D eigenvalue weighted by molar-refractivity contribution is 0.102. The van der Waals surface area contributed by atoms with Crippen LogP contribution in [0.4, 0.5) is 17.2 Å². The van der Waals surface area contributed by atoms with Gasteiger partial charge in [-0.15, -0.1) is 0 Å². The molecule has 6 heteroatoms. The summed E-state index contributed by atoms with van der Waals surface area (Å²) in [5.41, 5.74) is 1.84. The Balaban J connectivity index is 1.68. The molecule has 0 radical (unpaired) electrons. The van der Waals surface area contributed by atoms with Crippen molar-refractivity contribution in [3.63, 3.8) is 0 Å². The first-order valence-electron chi connectivity index (χ1n) is 7.16. The van der Waals surface area contributed by atoms with Crippen molar-refractivity contribution in [2.45, 2.75) is 0 Å². The highest BCUT2D eigenvalue weighted by Gasteiger charge is 2.07. The number of para-hydroxylation sites is 1. The van der Waals surface area contributed by atoms with Gasteiger partial charge in [-0.3, -0.25) is 4.79 Å². The quantitative estimate of drug-likeness (QED) is 0.658. The first kappa shape index (κ1) is 16.3. The fraction of sp³-hybridized carbons (Fsp3) is 0. The summed E-state index contributed by atoms with van der Waals surface area (Å²) in [7, 11) is 0. The van der Waals surface area contributed by atoms with Crippen LogP contribution in [0.2, 0.25) is 10.0 Å². The normalized spacial score (nSPS) is 10.2. The minimum atomic E-state index is -0.244. The molecule has 0 bridgehead atoms. The lowest BCUT2D eigenvalue weighted by Gasteiger charge is -2.09. The Labute approximate surface area is 149 Å². The van der Waals surface area contributed by atoms with Crippen molar-refractivity contribution in [3.8, 4) is 0 Å². The topological polar surface area (TPSA) is 54.0 Å². The number of benzene rings is 2. The van der Waals surface area contributed by atoms with E-state index in [0.29, 0.717) is 27.1 Å². The average molecular weight is 358 g/mol. The van der Waals surface area contributed by atoms with Crippen LogP contribution in [-0.4, -0.2) is 10.9 Å². The number of hydrogen-bond acceptors (Lipinski definition) is 3. The number of anilines is 3. The molecule has 2 aromatic carbocycles. The highest BCUT2D eigenvalue weighted by Crippen LogP contribution is 2.24. The fourth-order valence-electron chi connectivity index (χ4n) is 2.08. The number of nitrogens with one attached hydrogen (secondary N) is 2. The van der Waals surface area contributed by atoms with Gasteiger partial charge in [0.1, 0.15) is 5.82 Å². The minimum Gasteiger partial charge on any atom is -0.339 e. The van der Waals surface area contributed by atoms with Crippen LogP contribution in [0, 0.1) is 0 Å². The smallest absolute Gasteiger partial charge is 0.255 e. The summed E-state index contributed by atoms with van der Waals surface area (Å²) in [5.74, 6) is 0.384. The lowest BCUT2D eigenvalue weighted by atomic mass is 10.2. The Bertz CT molecular complexity index is 866. The molecule has 0 aliphatic carbocycles. The Morgan fingerprint density at radius 3 is 2.50 bits per heavy atom. The van der Waals surface area contributed by atoms with Crippen LogP contribution in [0.25, 0.3) is 0 Å². The van der Waals surface area contributed by atoms with Crippen LogP contribution in [-0.2, 0) is 0 Å². The molecule has 24 heavy (non-hydrogen) atoms. The van der Waals surface area contributed by atoms with Crippen molar-refractivity contribution in [1.82, 2.24) is 4.98 Å². The molecule has 4 nitrogen and oxygen atoms in total. The SMILES string of the molecule is O=C(Nc1ccc(Nc2ccccc2Cl)nc1)c1cccc(Cl)c1. The predicted molar refractivity (Wildman–Crippen MR) is 98.4 cm³/mol. The Morgan fingerprint density at radius 1 is 0.958 bits per heavy atom. The van der Waals surface area contributed by atoms with Crippen LogP contribution in [0.1, 0.15) is 10.4 Å². The number of aromatic nitrogens is 1. The molecule has 0 aliphatic heterocycles. The molecule has 1 aromatic heterocycles. The van der Waals surface area contributed by atoms with Crippen LogP contribution in [0.3, 0.4) is 0 Å². The molecule has 3 aromatic rings. The highest BCUT2D eigenvalue weighted by molar-refractivity contribution is 6.33. The summed E-state index contributed by atoms with van der Waals surface area (Å²) in [6.45, 7) is 0. The standard InChI is InChI=1S/C18H13Cl2N3O/c19-13-5-3-4-12(10-13)18(24)22-14-8-9-17(21-11-14)23-16-7-2-1-6-15(16)20/h1-11H,(H,21,23)(H,22,24). The zero-order valence-electron chi connectivity index (χ0n) is 12.5. The van der Waals surface area contributed by atoms with Gasteiger partial charge in [-0.1, -0.05) is 41.4 Å². The second-order valence-corrected chi connectivity index (χ2v) is 5.85. The molecule has 2 N–H and O–H groups in total. The third-order valence-corrected chi connectivity index (χ3v) is 3.81. The molecule has 1 heterocycles. The monoisotopic (exact) mass is 357 g/mol. The maximum Gasteiger partial charge on any atom is 0.255 e. The third-order valence-electron chi connectivity index (χ3n) is 3.24. The number of hydrogen-bond donors (Lipinski definition) is 2. The van der Waals surface area contributed by atoms with Crippen molar-refractivity contribution < 1.29 is 4.79 Å². The lowest BCUT2D eigenvalue weighted by Crippen LogP contribution is -2.12. The van der Waals surface area contributed by atoms with E-state index >= 15 is 0 Å². The zero-order valence-corrected chi connectivity index (χ0v) is 14.0. The van der Waals surface area contributed by atoms with Gasteiger partial charge in [0.15, 0.2) is 0 Å². The van der Waals surface area contributed by atoms with Gasteiger partial charge >= 0.3 is 0 Å². The number of carbonyl (C=O) groups is 1. The molecular weight excluding hydrogens is 345 g/mol. The van der Waals surface area contributed by atoms with Crippen molar-refractivity contribution in [2.75, 3.05) is 10.6 Å². The molecule has 0 atom stereocenters. The number of halogens is 2. The van der Waals surface area contributed by atoms with Crippen molar-refractivity contribution >= 4 is 46.3 Å². The van der Waals surface area contributed by atoms with E-state index in [4.69, 9.17) is 23.2 Å². The molecule has 0 spiro atoms. The first-order chi connectivity index (χ1) is 11.6. The average Bonchev–Trinajstić information content (AvgIpc) is 2.58. The van der Waals surface area contributed by atoms with Gasteiger partial charge in [0.25, 0.3) is 5.91 Å². The molecule has 0 aliphatic rings. The summed E-state index contributed by atoms with van der Waals surface area (Å²) in [5, 5.41) is 7.02. The molecule has 0 saturated carbocycles. The second-order valence-electron chi connectivity index (χ2n) is 5.00. The number of pyridine rings is 1. The van der Waals surface area contributed by atoms with Crippen LogP contribution in [0.5, 0.6) is 0 Å². The second kappa shape index (κ2) is 7.34. The first-order valence-corrected chi connectivity index (χ1v) is 7.92. The van der Waals surface area contributed by atoms with Gasteiger partial charge < -0.3 is 10.6 Å². The summed E-state index contributed by atoms with van der Waals surface area (Å²) >= 11 is 12.0. The number of amides is 1. The Kier molecular flexibility index (Phi) is 4.99. The highest BCUT2D eigenvalue weighted by atomic mass is 35.5. The zero-order chi connectivity index (χ0) is 16.9. The van der Waals surface area contributed by atoms with E-state index in [0.717, 1.165) is 5.69 Å². The van der Waals surface area contributed by atoms with E-state index in [1.807, 2.05) is 18.2 Å². The summed E-state index contributed by atoms with van der Waals surface area (Å²) in [6, 6.07) is 17.7. The summed E-state index contributed by atoms with van der Waals surface area (Å²) in [4.78, 5) is 16.4. The van der Waals surface area contributed by atoms with E-state index in [9.17, 15) is 4.79 Å². The summed E-state index contributed by atoms with van der Waals surface area (Å²) < 4.78 is 0. The maximum atomic E-state index is 12.2. The number of rotatable bonds is 4. The molecule has 0 saturated heterocycles. The number of carbonyl (C=O) groups excluding carboxylic acids is 1. The van der Waals surface area contributed by atoms with Crippen LogP contribution in [0.15, 0.2) is 66.9 Å². The van der Waals surface area contributed by atoms with Crippen molar-refractivity contribution in [2.24, 2.45) is 0 Å². The maximum absolute atomic E-state index is 12.2. The Hall–Kier alpha value is -2.56. The molecule has 120 valence electrons. The summed E-state index contributed by atoms with van der Waals surface area (Å²) in [6.07, 6.45) is 1.57. The van der Waals surface area contributed by atoms with Gasteiger partial charge in [-0.25, -0.2) is 4.98 Å². The largest absolute Gasteiger partial charge is 0.339 e. The van der Waals surface area contributed by atoms with Crippen molar-refractivity contribution in [3.05, 3.63) is 82.5 Å². The van der Waals surface area contributed by atoms with Gasteiger partial charge in [0.05, 0.1) is 22.6 Å². The molecule has 3 rings (SSSR count). The fourth-order valence-corrected chi connectivity index (χ4v) is 2.45. The van der Waals surface area contributed by atoms with E-state index in [-0.39, 0.29) is 5.91 Å². The Morgan fingerprint density at radius 2 is 1.79 bits per heavy atom. The van der Waals surface area contributed by atoms with E-state index in [1.165, 1.54) is 0 Å². The van der Waals surface area contributed by atoms with Gasteiger partial charge in [0.2, 0.25) is 0 Å². The van der Waals surface area contributed by atoms with Gasteiger partial charge in [-0.2, -0.15) is 0 Å². The minimum absolute atomic E-state index is 0.244. The molecule has 1 amide bonds. The molecule has 0 fully saturated rings. The predicted octanol–water partition coefficient (Wildman–Crippen LogP) is 5.38. The van der Waals surface area contributed by atoms with Gasteiger partial charge in [0, 0.05) is 10.6 Å². The van der Waals surface area contributed by atoms with Crippen LogP contribution < -0.4 is 10.6 Å². The van der Waals surface area contributed by atoms with E-state index < -0.39 is 0 Å².